The molecule has 1 aromatic carbocycles. The van der Waals surface area contributed by atoms with Gasteiger partial charge in [-0.05, 0) is 31.2 Å². The molecule has 92 valence electrons. The van der Waals surface area contributed by atoms with Gasteiger partial charge in [-0.25, -0.2) is 4.98 Å². The van der Waals surface area contributed by atoms with Crippen LogP contribution in [0.25, 0.3) is 11.0 Å². The van der Waals surface area contributed by atoms with Crippen molar-refractivity contribution in [1.29, 1.82) is 0 Å². The van der Waals surface area contributed by atoms with Gasteiger partial charge >= 0.3 is 0 Å². The molecule has 1 aromatic heterocycles. The predicted molar refractivity (Wildman–Crippen MR) is 68.8 cm³/mol. The minimum atomic E-state index is -0.499. The number of benzene rings is 1. The largest absolute Gasteiger partial charge is 0.387 e. The molecule has 0 bridgehead atoms. The zero-order chi connectivity index (χ0) is 12.4. The van der Waals surface area contributed by atoms with Crippen LogP contribution in [0.1, 0.15) is 25.5 Å². The van der Waals surface area contributed by atoms with E-state index in [9.17, 15) is 5.11 Å². The first kappa shape index (κ1) is 12.1. The van der Waals surface area contributed by atoms with Gasteiger partial charge in [0.05, 0.1) is 23.5 Å². The van der Waals surface area contributed by atoms with E-state index in [2.05, 4.69) is 10.3 Å². The van der Waals surface area contributed by atoms with E-state index in [0.717, 1.165) is 23.1 Å². The van der Waals surface area contributed by atoms with Gasteiger partial charge in [0.2, 0.25) is 0 Å². The fourth-order valence-corrected chi connectivity index (χ4v) is 2.06. The number of aliphatic hydroxyl groups is 1. The van der Waals surface area contributed by atoms with Crippen molar-refractivity contribution in [2.45, 2.75) is 26.0 Å². The summed E-state index contributed by atoms with van der Waals surface area (Å²) in [5.41, 5.74) is 2.91. The lowest BCUT2D eigenvalue weighted by Gasteiger charge is -2.19. The minimum Gasteiger partial charge on any atom is -0.387 e. The number of nitrogens with one attached hydrogen (secondary N) is 1. The van der Waals surface area contributed by atoms with Crippen LogP contribution in [0.5, 0.6) is 0 Å². The number of rotatable bonds is 4. The summed E-state index contributed by atoms with van der Waals surface area (Å²) in [6.45, 7) is 4.87. The van der Waals surface area contributed by atoms with Crippen molar-refractivity contribution < 1.29 is 5.11 Å². The molecule has 2 unspecified atom stereocenters. The maximum absolute atomic E-state index is 10.2. The van der Waals surface area contributed by atoms with E-state index in [1.165, 1.54) is 0 Å². The van der Waals surface area contributed by atoms with Crippen molar-refractivity contribution in [3.8, 4) is 0 Å². The average Bonchev–Trinajstić information content (AvgIpc) is 2.70. The van der Waals surface area contributed by atoms with Gasteiger partial charge in [-0.2, -0.15) is 0 Å². The van der Waals surface area contributed by atoms with Crippen molar-refractivity contribution in [3.63, 3.8) is 0 Å². The topological polar surface area (TPSA) is 50.1 Å². The lowest BCUT2D eigenvalue weighted by atomic mass is 10.0. The van der Waals surface area contributed by atoms with E-state index in [1.807, 2.05) is 43.7 Å². The van der Waals surface area contributed by atoms with Gasteiger partial charge in [-0.1, -0.05) is 13.0 Å². The third-order valence-corrected chi connectivity index (χ3v) is 3.09. The number of likely N-dealkylation sites (N-methyl/N-ethyl adjacent to an activating group) is 1. The quantitative estimate of drug-likeness (QED) is 0.843. The van der Waals surface area contributed by atoms with Crippen molar-refractivity contribution >= 4 is 11.0 Å². The van der Waals surface area contributed by atoms with Gasteiger partial charge < -0.3 is 15.0 Å². The second kappa shape index (κ2) is 4.85. The Morgan fingerprint density at radius 1 is 1.47 bits per heavy atom. The van der Waals surface area contributed by atoms with Crippen molar-refractivity contribution in [1.82, 2.24) is 14.9 Å². The minimum absolute atomic E-state index is 0.0427. The molecule has 0 radical (unpaired) electrons. The Hall–Kier alpha value is -1.39. The van der Waals surface area contributed by atoms with Crippen LogP contribution in [0, 0.1) is 0 Å². The van der Waals surface area contributed by atoms with Crippen LogP contribution in [0.4, 0.5) is 0 Å². The monoisotopic (exact) mass is 233 g/mol. The number of aryl methyl sites for hydroxylation is 1. The Labute approximate surface area is 101 Å². The summed E-state index contributed by atoms with van der Waals surface area (Å²) in [6, 6.07) is 5.96. The Balaban J connectivity index is 2.29. The normalized spacial score (nSPS) is 15.1. The van der Waals surface area contributed by atoms with Crippen molar-refractivity contribution in [2.24, 2.45) is 7.05 Å². The number of imidazole rings is 1. The maximum Gasteiger partial charge on any atom is 0.0955 e. The summed E-state index contributed by atoms with van der Waals surface area (Å²) in [5.74, 6) is 0. The molecule has 0 aliphatic carbocycles. The third-order valence-electron chi connectivity index (χ3n) is 3.09. The molecule has 4 heteroatoms. The lowest BCUT2D eigenvalue weighted by Crippen LogP contribution is -2.31. The Morgan fingerprint density at radius 2 is 2.24 bits per heavy atom. The van der Waals surface area contributed by atoms with Gasteiger partial charge in [-0.3, -0.25) is 0 Å². The molecule has 0 aliphatic heterocycles. The van der Waals surface area contributed by atoms with Crippen LogP contribution >= 0.6 is 0 Å². The van der Waals surface area contributed by atoms with Gasteiger partial charge in [0, 0.05) is 13.1 Å². The zero-order valence-corrected chi connectivity index (χ0v) is 10.5. The molecule has 2 rings (SSSR count). The molecular formula is C13H19N3O. The Kier molecular flexibility index (Phi) is 3.45. The second-order valence-corrected chi connectivity index (χ2v) is 4.39. The standard InChI is InChI=1S/C13H19N3O/c1-4-14-9(2)13(17)10-5-6-12-11(7-10)15-8-16(12)3/h5-9,13-14,17H,4H2,1-3H3. The highest BCUT2D eigenvalue weighted by atomic mass is 16.3. The van der Waals surface area contributed by atoms with Crippen molar-refractivity contribution in [3.05, 3.63) is 30.1 Å². The fraction of sp³-hybridized carbons (Fsp3) is 0.462. The van der Waals surface area contributed by atoms with Crippen LogP contribution in [-0.2, 0) is 7.05 Å². The molecule has 0 fully saturated rings. The van der Waals surface area contributed by atoms with Crippen LogP contribution in [-0.4, -0.2) is 27.2 Å². The first-order valence-corrected chi connectivity index (χ1v) is 5.96. The second-order valence-electron chi connectivity index (χ2n) is 4.39. The van der Waals surface area contributed by atoms with Gasteiger partial charge in [0.1, 0.15) is 0 Å². The van der Waals surface area contributed by atoms with E-state index >= 15 is 0 Å². The molecule has 0 aliphatic rings. The third kappa shape index (κ3) is 2.33. The number of aromatic nitrogens is 2. The number of hydrogen-bond acceptors (Lipinski definition) is 3. The molecular weight excluding hydrogens is 214 g/mol. The summed E-state index contributed by atoms with van der Waals surface area (Å²) in [7, 11) is 1.96. The molecule has 2 N–H and O–H groups in total. The van der Waals surface area contributed by atoms with Crippen LogP contribution in [0.2, 0.25) is 0 Å². The fourth-order valence-electron chi connectivity index (χ4n) is 2.06. The maximum atomic E-state index is 10.2. The molecule has 4 nitrogen and oxygen atoms in total. The summed E-state index contributed by atoms with van der Waals surface area (Å²) in [6.07, 6.45) is 1.29. The SMILES string of the molecule is CCNC(C)C(O)c1ccc2c(c1)ncn2C. The first-order chi connectivity index (χ1) is 8.13. The van der Waals surface area contributed by atoms with Gasteiger partial charge in [0.15, 0.2) is 0 Å². The summed E-state index contributed by atoms with van der Waals surface area (Å²) < 4.78 is 1.97. The molecule has 2 aromatic rings. The molecule has 1 heterocycles. The number of nitrogens with zero attached hydrogens (tertiary/aromatic N) is 2. The smallest absolute Gasteiger partial charge is 0.0955 e. The van der Waals surface area contributed by atoms with E-state index in [4.69, 9.17) is 0 Å². The highest BCUT2D eigenvalue weighted by Crippen LogP contribution is 2.21. The molecule has 0 saturated heterocycles. The molecule has 17 heavy (non-hydrogen) atoms. The number of aliphatic hydroxyl groups excluding tert-OH is 1. The Morgan fingerprint density at radius 3 is 2.94 bits per heavy atom. The zero-order valence-electron chi connectivity index (χ0n) is 10.5. The van der Waals surface area contributed by atoms with Crippen molar-refractivity contribution in [2.75, 3.05) is 6.54 Å². The number of fused-ring (bicyclic) bond motifs is 1. The summed E-state index contributed by atoms with van der Waals surface area (Å²) >= 11 is 0. The summed E-state index contributed by atoms with van der Waals surface area (Å²) in [5, 5.41) is 13.4. The first-order valence-electron chi connectivity index (χ1n) is 5.96. The van der Waals surface area contributed by atoms with Crippen LogP contribution in [0.15, 0.2) is 24.5 Å². The highest BCUT2D eigenvalue weighted by molar-refractivity contribution is 5.76. The number of hydrogen-bond donors (Lipinski definition) is 2. The highest BCUT2D eigenvalue weighted by Gasteiger charge is 2.16. The van der Waals surface area contributed by atoms with E-state index in [1.54, 1.807) is 6.33 Å². The predicted octanol–water partition coefficient (Wildman–Crippen LogP) is 1.60. The van der Waals surface area contributed by atoms with Gasteiger partial charge in [-0.15, -0.1) is 0 Å². The molecule has 2 atom stereocenters. The van der Waals surface area contributed by atoms with Crippen LogP contribution in [0.3, 0.4) is 0 Å². The Bertz CT molecular complexity index is 506. The van der Waals surface area contributed by atoms with Gasteiger partial charge in [0.25, 0.3) is 0 Å². The molecule has 0 spiro atoms. The average molecular weight is 233 g/mol. The lowest BCUT2D eigenvalue weighted by molar-refractivity contribution is 0.137. The van der Waals surface area contributed by atoms with E-state index < -0.39 is 6.10 Å². The van der Waals surface area contributed by atoms with Crippen LogP contribution < -0.4 is 5.32 Å². The molecule has 0 saturated carbocycles. The van der Waals surface area contributed by atoms with E-state index in [0.29, 0.717) is 0 Å². The van der Waals surface area contributed by atoms with E-state index in [-0.39, 0.29) is 6.04 Å². The summed E-state index contributed by atoms with van der Waals surface area (Å²) in [4.78, 5) is 4.30. The molecule has 0 amide bonds.